The van der Waals surface area contributed by atoms with E-state index >= 15 is 0 Å². The third-order valence-corrected chi connectivity index (χ3v) is 5.09. The smallest absolute Gasteiger partial charge is 0.410 e. The quantitative estimate of drug-likeness (QED) is 0.620. The molecule has 0 bridgehead atoms. The monoisotopic (exact) mass is 411 g/mol. The average molecular weight is 412 g/mol. The highest BCUT2D eigenvalue weighted by molar-refractivity contribution is 6.31. The second-order valence-corrected chi connectivity index (χ2v) is 8.71. The van der Waals surface area contributed by atoms with Crippen LogP contribution in [0.3, 0.4) is 0 Å². The Kier molecular flexibility index (Phi) is 4.82. The van der Waals surface area contributed by atoms with Gasteiger partial charge in [-0.2, -0.15) is 0 Å². The molecular formula is C22H22ClN3O3. The van der Waals surface area contributed by atoms with Gasteiger partial charge in [0, 0.05) is 42.0 Å². The third-order valence-electron chi connectivity index (χ3n) is 4.88. The van der Waals surface area contributed by atoms with Crippen molar-refractivity contribution >= 4 is 34.5 Å². The Morgan fingerprint density at radius 1 is 1.21 bits per heavy atom. The van der Waals surface area contributed by atoms with Gasteiger partial charge in [-0.05, 0) is 32.4 Å². The van der Waals surface area contributed by atoms with Crippen molar-refractivity contribution < 1.29 is 14.3 Å². The zero-order valence-electron chi connectivity index (χ0n) is 16.5. The molecule has 1 aliphatic rings. The largest absolute Gasteiger partial charge is 0.444 e. The van der Waals surface area contributed by atoms with Gasteiger partial charge >= 0.3 is 6.09 Å². The Labute approximate surface area is 173 Å². The predicted molar refractivity (Wildman–Crippen MR) is 112 cm³/mol. The van der Waals surface area contributed by atoms with Crippen molar-refractivity contribution in [1.82, 2.24) is 14.9 Å². The number of H-pyrrole nitrogens is 1. The van der Waals surface area contributed by atoms with E-state index in [1.807, 2.05) is 57.3 Å². The molecule has 1 fully saturated rings. The number of aromatic amines is 1. The van der Waals surface area contributed by atoms with E-state index in [2.05, 4.69) is 9.97 Å². The molecule has 0 unspecified atom stereocenters. The number of carbonyl (C=O) groups excluding carboxylic acids is 2. The van der Waals surface area contributed by atoms with E-state index in [4.69, 9.17) is 16.3 Å². The zero-order chi connectivity index (χ0) is 20.8. The maximum Gasteiger partial charge on any atom is 0.410 e. The Bertz CT molecular complexity index is 1080. The van der Waals surface area contributed by atoms with Crippen LogP contribution in [0.25, 0.3) is 22.2 Å². The number of likely N-dealkylation sites (tertiary alicyclic amines) is 1. The van der Waals surface area contributed by atoms with Crippen LogP contribution in [-0.2, 0) is 4.74 Å². The van der Waals surface area contributed by atoms with E-state index in [-0.39, 0.29) is 17.8 Å². The third kappa shape index (κ3) is 3.98. The molecule has 0 saturated carbocycles. The number of hydrogen-bond donors (Lipinski definition) is 1. The summed E-state index contributed by atoms with van der Waals surface area (Å²) in [6.45, 7) is 6.26. The fourth-order valence-electron chi connectivity index (χ4n) is 3.39. The first-order valence-electron chi connectivity index (χ1n) is 9.46. The van der Waals surface area contributed by atoms with E-state index in [1.54, 1.807) is 11.1 Å². The number of pyridine rings is 1. The second-order valence-electron chi connectivity index (χ2n) is 8.28. The summed E-state index contributed by atoms with van der Waals surface area (Å²) in [5, 5.41) is 1.51. The topological polar surface area (TPSA) is 75.3 Å². The van der Waals surface area contributed by atoms with Gasteiger partial charge in [0.2, 0.25) is 0 Å². The summed E-state index contributed by atoms with van der Waals surface area (Å²) in [5.41, 5.74) is 2.82. The Morgan fingerprint density at radius 2 is 1.90 bits per heavy atom. The van der Waals surface area contributed by atoms with Crippen LogP contribution in [0.5, 0.6) is 0 Å². The standard InChI is InChI=1S/C22H22ClN3O3/c1-22(2,3)29-21(28)26-11-15(12-26)19(27)14-6-4-13(5-7-14)18-10-25-20-17(18)8-16(23)9-24-20/h4-10,15H,11-12H2,1-3H3,(H,24,25). The lowest BCUT2D eigenvalue weighted by molar-refractivity contribution is 0.00149. The first-order valence-corrected chi connectivity index (χ1v) is 9.84. The minimum Gasteiger partial charge on any atom is -0.444 e. The number of fused-ring (bicyclic) bond motifs is 1. The number of halogens is 1. The average Bonchev–Trinajstić information content (AvgIpc) is 3.02. The predicted octanol–water partition coefficient (Wildman–Crippen LogP) is 4.93. The maximum atomic E-state index is 12.7. The number of carbonyl (C=O) groups is 2. The van der Waals surface area contributed by atoms with E-state index in [0.717, 1.165) is 22.2 Å². The summed E-state index contributed by atoms with van der Waals surface area (Å²) in [5.74, 6) is -0.149. The van der Waals surface area contributed by atoms with Gasteiger partial charge in [0.1, 0.15) is 11.2 Å². The molecule has 1 aliphatic heterocycles. The second kappa shape index (κ2) is 7.19. The van der Waals surface area contributed by atoms with Crippen LogP contribution >= 0.6 is 11.6 Å². The summed E-state index contributed by atoms with van der Waals surface area (Å²) in [6.07, 6.45) is 3.11. The van der Waals surface area contributed by atoms with Gasteiger partial charge in [-0.15, -0.1) is 0 Å². The number of Topliss-reactive ketones (excluding diaryl/α,β-unsaturated/α-hetero) is 1. The maximum absolute atomic E-state index is 12.7. The van der Waals surface area contributed by atoms with Gasteiger partial charge in [0.25, 0.3) is 0 Å². The zero-order valence-corrected chi connectivity index (χ0v) is 17.3. The molecule has 0 atom stereocenters. The highest BCUT2D eigenvalue weighted by atomic mass is 35.5. The van der Waals surface area contributed by atoms with Crippen LogP contribution in [0.2, 0.25) is 5.02 Å². The Hall–Kier alpha value is -2.86. The number of ether oxygens (including phenoxy) is 1. The molecule has 3 aromatic rings. The Balaban J connectivity index is 1.44. The number of rotatable bonds is 3. The van der Waals surface area contributed by atoms with Crippen molar-refractivity contribution in [3.05, 3.63) is 53.3 Å². The van der Waals surface area contributed by atoms with Crippen LogP contribution in [0.4, 0.5) is 4.79 Å². The van der Waals surface area contributed by atoms with Crippen molar-refractivity contribution in [2.75, 3.05) is 13.1 Å². The van der Waals surface area contributed by atoms with Crippen LogP contribution in [-0.4, -0.2) is 45.4 Å². The molecule has 4 rings (SSSR count). The highest BCUT2D eigenvalue weighted by Crippen LogP contribution is 2.30. The lowest BCUT2D eigenvalue weighted by Crippen LogP contribution is -2.54. The minimum atomic E-state index is -0.538. The van der Waals surface area contributed by atoms with Crippen LogP contribution in [0.15, 0.2) is 42.7 Å². The number of hydrogen-bond acceptors (Lipinski definition) is 4. The first-order chi connectivity index (χ1) is 13.7. The molecule has 3 heterocycles. The summed E-state index contributed by atoms with van der Waals surface area (Å²) < 4.78 is 5.33. The molecule has 0 aliphatic carbocycles. The number of benzene rings is 1. The van der Waals surface area contributed by atoms with Crippen LogP contribution in [0.1, 0.15) is 31.1 Å². The molecule has 0 spiro atoms. The van der Waals surface area contributed by atoms with Gasteiger partial charge in [-0.25, -0.2) is 9.78 Å². The number of amides is 1. The number of nitrogens with zero attached hydrogens (tertiary/aromatic N) is 2. The van der Waals surface area contributed by atoms with Crippen molar-refractivity contribution in [2.45, 2.75) is 26.4 Å². The molecular weight excluding hydrogens is 390 g/mol. The van der Waals surface area contributed by atoms with Crippen molar-refractivity contribution in [3.8, 4) is 11.1 Å². The van der Waals surface area contributed by atoms with Crippen molar-refractivity contribution in [2.24, 2.45) is 5.92 Å². The minimum absolute atomic E-state index is 0.0417. The van der Waals surface area contributed by atoms with Crippen molar-refractivity contribution in [1.29, 1.82) is 0 Å². The summed E-state index contributed by atoms with van der Waals surface area (Å²) in [7, 11) is 0. The fraction of sp³-hybridized carbons (Fsp3) is 0.318. The molecule has 150 valence electrons. The van der Waals surface area contributed by atoms with Gasteiger partial charge < -0.3 is 14.6 Å². The summed E-state index contributed by atoms with van der Waals surface area (Å²) in [6, 6.07) is 9.35. The van der Waals surface area contributed by atoms with Gasteiger partial charge in [-0.3, -0.25) is 4.79 Å². The molecule has 1 N–H and O–H groups in total. The van der Waals surface area contributed by atoms with Crippen LogP contribution < -0.4 is 0 Å². The SMILES string of the molecule is CC(C)(C)OC(=O)N1CC(C(=O)c2ccc(-c3c[nH]c4ncc(Cl)cc34)cc2)C1. The van der Waals surface area contributed by atoms with Gasteiger partial charge in [0.15, 0.2) is 5.78 Å². The molecule has 2 aromatic heterocycles. The highest BCUT2D eigenvalue weighted by Gasteiger charge is 2.38. The molecule has 1 saturated heterocycles. The van der Waals surface area contributed by atoms with E-state index in [0.29, 0.717) is 23.7 Å². The lowest BCUT2D eigenvalue weighted by atomic mass is 9.90. The lowest BCUT2D eigenvalue weighted by Gasteiger charge is -2.38. The van der Waals surface area contributed by atoms with Crippen molar-refractivity contribution in [3.63, 3.8) is 0 Å². The fourth-order valence-corrected chi connectivity index (χ4v) is 3.54. The Morgan fingerprint density at radius 3 is 2.55 bits per heavy atom. The summed E-state index contributed by atoms with van der Waals surface area (Å²) in [4.78, 5) is 33.7. The molecule has 7 heteroatoms. The molecule has 1 amide bonds. The van der Waals surface area contributed by atoms with Crippen LogP contribution in [0, 0.1) is 5.92 Å². The normalized spacial score (nSPS) is 14.7. The number of nitrogens with one attached hydrogen (secondary N) is 1. The molecule has 0 radical (unpaired) electrons. The van der Waals surface area contributed by atoms with Gasteiger partial charge in [0.05, 0.1) is 10.9 Å². The van der Waals surface area contributed by atoms with Gasteiger partial charge in [-0.1, -0.05) is 35.9 Å². The molecule has 29 heavy (non-hydrogen) atoms. The first kappa shape index (κ1) is 19.5. The summed E-state index contributed by atoms with van der Waals surface area (Å²) >= 11 is 6.07. The van der Waals surface area contributed by atoms with E-state index in [1.165, 1.54) is 0 Å². The molecule has 1 aromatic carbocycles. The number of aromatic nitrogens is 2. The number of ketones is 1. The molecule has 6 nitrogen and oxygen atoms in total. The van der Waals surface area contributed by atoms with E-state index < -0.39 is 5.60 Å². The van der Waals surface area contributed by atoms with E-state index in [9.17, 15) is 9.59 Å².